The van der Waals surface area contributed by atoms with Crippen LogP contribution in [0.3, 0.4) is 0 Å². The lowest BCUT2D eigenvalue weighted by molar-refractivity contribution is -0.132. The zero-order valence-electron chi connectivity index (χ0n) is 19.6. The largest absolute Gasteiger partial charge is 0.385 e. The first-order chi connectivity index (χ1) is 16.5. The minimum Gasteiger partial charge on any atom is -0.385 e. The SMILES string of the molecule is COCCCn1c([C@@H]2CCCN(C(=O)C[C@H](N)Cc3ccc(Cl)c(Cl)c3)C2)nc2ccccc21. The summed E-state index contributed by atoms with van der Waals surface area (Å²) in [6, 6.07) is 13.5. The fourth-order valence-corrected chi connectivity index (χ4v) is 5.14. The summed E-state index contributed by atoms with van der Waals surface area (Å²) in [5.41, 5.74) is 9.46. The molecule has 1 fully saturated rings. The van der Waals surface area contributed by atoms with Gasteiger partial charge in [-0.25, -0.2) is 4.98 Å². The topological polar surface area (TPSA) is 73.4 Å². The van der Waals surface area contributed by atoms with Crippen LogP contribution in [-0.2, 0) is 22.5 Å². The van der Waals surface area contributed by atoms with E-state index in [0.717, 1.165) is 54.8 Å². The van der Waals surface area contributed by atoms with E-state index in [4.69, 9.17) is 38.7 Å². The van der Waals surface area contributed by atoms with Gasteiger partial charge in [0, 0.05) is 51.7 Å². The molecule has 0 saturated carbocycles. The van der Waals surface area contributed by atoms with Crippen molar-refractivity contribution in [2.45, 2.75) is 50.6 Å². The van der Waals surface area contributed by atoms with Crippen molar-refractivity contribution in [3.05, 3.63) is 63.9 Å². The van der Waals surface area contributed by atoms with Gasteiger partial charge in [-0.1, -0.05) is 41.4 Å². The second-order valence-electron chi connectivity index (χ2n) is 9.05. The lowest BCUT2D eigenvalue weighted by atomic mass is 9.96. The number of likely N-dealkylation sites (tertiary alicyclic amines) is 1. The molecule has 0 spiro atoms. The Labute approximate surface area is 211 Å². The summed E-state index contributed by atoms with van der Waals surface area (Å²) >= 11 is 12.1. The van der Waals surface area contributed by atoms with Crippen LogP contribution in [0.5, 0.6) is 0 Å². The molecule has 0 unspecified atom stereocenters. The van der Waals surface area contributed by atoms with E-state index in [1.54, 1.807) is 13.2 Å². The van der Waals surface area contributed by atoms with E-state index in [-0.39, 0.29) is 17.9 Å². The van der Waals surface area contributed by atoms with Crippen molar-refractivity contribution in [1.29, 1.82) is 0 Å². The number of aryl methyl sites for hydroxylation is 1. The summed E-state index contributed by atoms with van der Waals surface area (Å²) in [5, 5.41) is 1.02. The molecule has 6 nitrogen and oxygen atoms in total. The number of benzene rings is 2. The number of amides is 1. The Kier molecular flexibility index (Phi) is 8.48. The van der Waals surface area contributed by atoms with Gasteiger partial charge in [-0.3, -0.25) is 4.79 Å². The van der Waals surface area contributed by atoms with Crippen molar-refractivity contribution in [3.8, 4) is 0 Å². The second kappa shape index (κ2) is 11.5. The first-order valence-electron chi connectivity index (χ1n) is 11.9. The first kappa shape index (κ1) is 25.0. The van der Waals surface area contributed by atoms with Crippen molar-refractivity contribution >= 4 is 40.1 Å². The molecule has 1 aliphatic rings. The third-order valence-electron chi connectivity index (χ3n) is 6.47. The molecule has 1 amide bonds. The molecule has 0 bridgehead atoms. The van der Waals surface area contributed by atoms with Crippen LogP contribution in [0.4, 0.5) is 0 Å². The molecule has 0 aliphatic carbocycles. The molecule has 0 radical (unpaired) electrons. The van der Waals surface area contributed by atoms with Gasteiger partial charge in [0.15, 0.2) is 0 Å². The average Bonchev–Trinajstić information content (AvgIpc) is 3.20. The summed E-state index contributed by atoms with van der Waals surface area (Å²) in [7, 11) is 1.73. The molecule has 2 heterocycles. The number of rotatable bonds is 9. The highest BCUT2D eigenvalue weighted by atomic mass is 35.5. The number of para-hydroxylation sites is 2. The Morgan fingerprint density at radius 1 is 1.24 bits per heavy atom. The predicted molar refractivity (Wildman–Crippen MR) is 138 cm³/mol. The number of carbonyl (C=O) groups excluding carboxylic acids is 1. The zero-order valence-corrected chi connectivity index (χ0v) is 21.1. The number of methoxy groups -OCH3 is 1. The maximum Gasteiger partial charge on any atom is 0.224 e. The number of piperidine rings is 1. The Balaban J connectivity index is 1.43. The maximum atomic E-state index is 13.1. The molecule has 1 saturated heterocycles. The molecule has 182 valence electrons. The highest BCUT2D eigenvalue weighted by Gasteiger charge is 2.29. The van der Waals surface area contributed by atoms with E-state index in [2.05, 4.69) is 16.7 Å². The van der Waals surface area contributed by atoms with Crippen molar-refractivity contribution in [3.63, 3.8) is 0 Å². The monoisotopic (exact) mass is 502 g/mol. The van der Waals surface area contributed by atoms with E-state index in [1.165, 1.54) is 0 Å². The molecule has 1 aliphatic heterocycles. The molecular formula is C26H32Cl2N4O2. The highest BCUT2D eigenvalue weighted by molar-refractivity contribution is 6.42. The van der Waals surface area contributed by atoms with Gasteiger partial charge < -0.3 is 19.9 Å². The summed E-state index contributed by atoms with van der Waals surface area (Å²) in [6.45, 7) is 2.99. The lowest BCUT2D eigenvalue weighted by Crippen LogP contribution is -2.42. The van der Waals surface area contributed by atoms with Crippen LogP contribution in [0.15, 0.2) is 42.5 Å². The minimum absolute atomic E-state index is 0.0966. The Morgan fingerprint density at radius 3 is 2.85 bits per heavy atom. The normalized spacial score (nSPS) is 17.3. The Bertz CT molecular complexity index is 1130. The second-order valence-corrected chi connectivity index (χ2v) is 9.87. The Hall–Kier alpha value is -2.12. The summed E-state index contributed by atoms with van der Waals surface area (Å²) in [5.74, 6) is 1.37. The summed E-state index contributed by atoms with van der Waals surface area (Å²) < 4.78 is 7.57. The predicted octanol–water partition coefficient (Wildman–Crippen LogP) is 5.05. The van der Waals surface area contributed by atoms with Crippen LogP contribution in [0.25, 0.3) is 11.0 Å². The fraction of sp³-hybridized carbons (Fsp3) is 0.462. The van der Waals surface area contributed by atoms with Crippen LogP contribution < -0.4 is 5.73 Å². The van der Waals surface area contributed by atoms with E-state index >= 15 is 0 Å². The number of carbonyl (C=O) groups is 1. The standard InChI is InChI=1S/C26H32Cl2N4O2/c1-34-13-5-12-32-24-8-3-2-7-23(24)30-26(32)19-6-4-11-31(17-19)25(33)16-20(29)14-18-9-10-21(27)22(28)15-18/h2-3,7-10,15,19-20H,4-6,11-14,16-17,29H2,1H3/t19-,20-/m1/s1. The number of nitrogens with two attached hydrogens (primary N) is 1. The molecule has 2 N–H and O–H groups in total. The molecule has 2 aromatic carbocycles. The van der Waals surface area contributed by atoms with E-state index in [1.807, 2.05) is 29.2 Å². The maximum absolute atomic E-state index is 13.1. The van der Waals surface area contributed by atoms with Gasteiger partial charge >= 0.3 is 0 Å². The zero-order chi connectivity index (χ0) is 24.1. The minimum atomic E-state index is -0.274. The van der Waals surface area contributed by atoms with Crippen LogP contribution in [-0.4, -0.2) is 53.2 Å². The summed E-state index contributed by atoms with van der Waals surface area (Å²) in [4.78, 5) is 20.1. The van der Waals surface area contributed by atoms with Crippen molar-refractivity contribution in [1.82, 2.24) is 14.5 Å². The van der Waals surface area contributed by atoms with Crippen LogP contribution in [0.1, 0.15) is 43.0 Å². The molecule has 4 rings (SSSR count). The lowest BCUT2D eigenvalue weighted by Gasteiger charge is -2.33. The van der Waals surface area contributed by atoms with Crippen molar-refractivity contribution in [2.75, 3.05) is 26.8 Å². The van der Waals surface area contributed by atoms with Gasteiger partial charge in [-0.05, 0) is 55.5 Å². The van der Waals surface area contributed by atoms with Crippen molar-refractivity contribution < 1.29 is 9.53 Å². The molecule has 8 heteroatoms. The van der Waals surface area contributed by atoms with Crippen molar-refractivity contribution in [2.24, 2.45) is 5.73 Å². The quantitative estimate of drug-likeness (QED) is 0.415. The number of nitrogens with zero attached hydrogens (tertiary/aromatic N) is 3. The molecule has 2 atom stereocenters. The molecule has 1 aromatic heterocycles. The molecule has 34 heavy (non-hydrogen) atoms. The first-order valence-corrected chi connectivity index (χ1v) is 12.6. The third-order valence-corrected chi connectivity index (χ3v) is 7.21. The highest BCUT2D eigenvalue weighted by Crippen LogP contribution is 2.30. The molecule has 3 aromatic rings. The number of hydrogen-bond acceptors (Lipinski definition) is 4. The number of imidazole rings is 1. The number of aromatic nitrogens is 2. The van der Waals surface area contributed by atoms with Gasteiger partial charge in [-0.2, -0.15) is 0 Å². The van der Waals surface area contributed by atoms with E-state index in [0.29, 0.717) is 36.0 Å². The third kappa shape index (κ3) is 5.92. The van der Waals surface area contributed by atoms with Gasteiger partial charge in [0.1, 0.15) is 5.82 Å². The van der Waals surface area contributed by atoms with Gasteiger partial charge in [0.25, 0.3) is 0 Å². The average molecular weight is 503 g/mol. The number of ether oxygens (including phenoxy) is 1. The van der Waals surface area contributed by atoms with Gasteiger partial charge in [0.2, 0.25) is 5.91 Å². The Morgan fingerprint density at radius 2 is 2.06 bits per heavy atom. The van der Waals surface area contributed by atoms with Crippen LogP contribution in [0.2, 0.25) is 10.0 Å². The van der Waals surface area contributed by atoms with Crippen LogP contribution in [0, 0.1) is 0 Å². The number of hydrogen-bond donors (Lipinski definition) is 1. The smallest absolute Gasteiger partial charge is 0.224 e. The molecular weight excluding hydrogens is 471 g/mol. The number of fused-ring (bicyclic) bond motifs is 1. The van der Waals surface area contributed by atoms with E-state index in [9.17, 15) is 4.79 Å². The van der Waals surface area contributed by atoms with Gasteiger partial charge in [-0.15, -0.1) is 0 Å². The number of halogens is 2. The van der Waals surface area contributed by atoms with E-state index < -0.39 is 0 Å². The fourth-order valence-electron chi connectivity index (χ4n) is 4.82. The summed E-state index contributed by atoms with van der Waals surface area (Å²) in [6.07, 6.45) is 3.78. The van der Waals surface area contributed by atoms with Gasteiger partial charge in [0.05, 0.1) is 21.1 Å². The van der Waals surface area contributed by atoms with Crippen LogP contribution >= 0.6 is 23.2 Å².